The number of hydrogen-bond acceptors (Lipinski definition) is 1. The molecule has 0 aromatic carbocycles. The maximum atomic E-state index is 6.31. The van der Waals surface area contributed by atoms with Crippen LogP contribution in [0.2, 0.25) is 0 Å². The fraction of sp³-hybridized carbons (Fsp3) is 1.00. The van der Waals surface area contributed by atoms with E-state index in [-0.39, 0.29) is 5.56 Å². The predicted octanol–water partition coefficient (Wildman–Crippen LogP) is 5.51. The lowest BCUT2D eigenvalue weighted by Crippen LogP contribution is -2.17. The van der Waals surface area contributed by atoms with Crippen LogP contribution in [0.1, 0.15) is 77.0 Å². The minimum Gasteiger partial charge on any atom is -0.362 e. The molecule has 0 aromatic heterocycles. The van der Waals surface area contributed by atoms with Gasteiger partial charge in [-0.2, -0.15) is 0 Å². The summed E-state index contributed by atoms with van der Waals surface area (Å²) in [5, 5.41) is 0. The Morgan fingerprint density at radius 1 is 0.833 bits per heavy atom. The molecule has 0 N–H and O–H groups in total. The summed E-state index contributed by atoms with van der Waals surface area (Å²) in [4.78, 5) is 0. The van der Waals surface area contributed by atoms with Gasteiger partial charge in [0, 0.05) is 6.61 Å². The Morgan fingerprint density at radius 3 is 2.00 bits per heavy atom. The van der Waals surface area contributed by atoms with E-state index in [0.717, 1.165) is 24.9 Å². The molecule has 0 saturated heterocycles. The molecule has 18 heavy (non-hydrogen) atoms. The standard InChI is InChI=1S/C16H29ClO/c17-16(13-15-9-5-2-6-10-15)18-12-11-14-7-3-1-4-8-14/h14-16H,1-13H2. The lowest BCUT2D eigenvalue weighted by Gasteiger charge is -2.25. The Hall–Kier alpha value is 0.250. The highest BCUT2D eigenvalue weighted by molar-refractivity contribution is 6.19. The van der Waals surface area contributed by atoms with E-state index in [2.05, 4.69) is 0 Å². The summed E-state index contributed by atoms with van der Waals surface area (Å²) < 4.78 is 5.81. The molecule has 106 valence electrons. The van der Waals surface area contributed by atoms with Crippen LogP contribution in [0.25, 0.3) is 0 Å². The third kappa shape index (κ3) is 5.48. The molecule has 2 rings (SSSR count). The van der Waals surface area contributed by atoms with E-state index >= 15 is 0 Å². The van der Waals surface area contributed by atoms with E-state index in [9.17, 15) is 0 Å². The normalized spacial score (nSPS) is 25.2. The van der Waals surface area contributed by atoms with Crippen LogP contribution in [-0.4, -0.2) is 12.2 Å². The monoisotopic (exact) mass is 272 g/mol. The predicted molar refractivity (Wildman–Crippen MR) is 78.0 cm³/mol. The molecule has 0 bridgehead atoms. The topological polar surface area (TPSA) is 9.23 Å². The highest BCUT2D eigenvalue weighted by Gasteiger charge is 2.18. The van der Waals surface area contributed by atoms with Crippen molar-refractivity contribution in [1.29, 1.82) is 0 Å². The summed E-state index contributed by atoms with van der Waals surface area (Å²) in [5.74, 6) is 1.74. The fourth-order valence-corrected chi connectivity index (χ4v) is 3.93. The summed E-state index contributed by atoms with van der Waals surface area (Å²) in [7, 11) is 0. The van der Waals surface area contributed by atoms with E-state index < -0.39 is 0 Å². The first-order chi connectivity index (χ1) is 8.84. The molecule has 2 aliphatic carbocycles. The molecule has 0 aliphatic heterocycles. The zero-order valence-electron chi connectivity index (χ0n) is 11.7. The van der Waals surface area contributed by atoms with Crippen molar-refractivity contribution in [3.8, 4) is 0 Å². The van der Waals surface area contributed by atoms with Crippen LogP contribution in [0.4, 0.5) is 0 Å². The van der Waals surface area contributed by atoms with Gasteiger partial charge in [0.15, 0.2) is 0 Å². The van der Waals surface area contributed by atoms with Gasteiger partial charge < -0.3 is 4.74 Å². The average Bonchev–Trinajstić information content (AvgIpc) is 2.41. The Morgan fingerprint density at radius 2 is 1.39 bits per heavy atom. The van der Waals surface area contributed by atoms with Gasteiger partial charge in [0.1, 0.15) is 5.56 Å². The first-order valence-electron chi connectivity index (χ1n) is 8.10. The molecular formula is C16H29ClO. The van der Waals surface area contributed by atoms with Crippen molar-refractivity contribution >= 4 is 11.6 Å². The van der Waals surface area contributed by atoms with Crippen LogP contribution in [0, 0.1) is 11.8 Å². The van der Waals surface area contributed by atoms with Crippen LogP contribution in [0.3, 0.4) is 0 Å². The summed E-state index contributed by atoms with van der Waals surface area (Å²) in [6, 6.07) is 0. The average molecular weight is 273 g/mol. The van der Waals surface area contributed by atoms with Crippen LogP contribution in [-0.2, 0) is 4.74 Å². The molecule has 2 aliphatic rings. The minimum absolute atomic E-state index is 0.0308. The van der Waals surface area contributed by atoms with E-state index in [4.69, 9.17) is 16.3 Å². The fourth-order valence-electron chi connectivity index (χ4n) is 3.59. The largest absolute Gasteiger partial charge is 0.362 e. The Labute approximate surface area is 118 Å². The number of halogens is 1. The second kappa shape index (κ2) is 8.43. The minimum atomic E-state index is -0.0308. The third-order valence-corrected chi connectivity index (χ3v) is 5.10. The van der Waals surface area contributed by atoms with Gasteiger partial charge in [-0.15, -0.1) is 0 Å². The Bertz CT molecular complexity index is 207. The van der Waals surface area contributed by atoms with Crippen molar-refractivity contribution in [2.24, 2.45) is 11.8 Å². The van der Waals surface area contributed by atoms with Gasteiger partial charge in [0.05, 0.1) is 0 Å². The van der Waals surface area contributed by atoms with Gasteiger partial charge in [0.2, 0.25) is 0 Å². The van der Waals surface area contributed by atoms with Crippen LogP contribution < -0.4 is 0 Å². The van der Waals surface area contributed by atoms with Crippen molar-refractivity contribution in [3.05, 3.63) is 0 Å². The van der Waals surface area contributed by atoms with Crippen LogP contribution in [0.15, 0.2) is 0 Å². The van der Waals surface area contributed by atoms with Gasteiger partial charge in [-0.05, 0) is 24.7 Å². The summed E-state index contributed by atoms with van der Waals surface area (Å²) in [6.45, 7) is 0.881. The van der Waals surface area contributed by atoms with Crippen molar-refractivity contribution in [2.75, 3.05) is 6.61 Å². The van der Waals surface area contributed by atoms with E-state index in [1.807, 2.05) is 0 Å². The summed E-state index contributed by atoms with van der Waals surface area (Å²) >= 11 is 6.31. The van der Waals surface area contributed by atoms with Crippen molar-refractivity contribution in [1.82, 2.24) is 0 Å². The van der Waals surface area contributed by atoms with Crippen molar-refractivity contribution in [3.63, 3.8) is 0 Å². The SMILES string of the molecule is ClC(CC1CCCCC1)OCCC1CCCCC1. The molecule has 0 radical (unpaired) electrons. The van der Waals surface area contributed by atoms with Gasteiger partial charge in [-0.3, -0.25) is 0 Å². The lowest BCUT2D eigenvalue weighted by molar-refractivity contribution is 0.0710. The summed E-state index contributed by atoms with van der Waals surface area (Å²) in [5.41, 5.74) is -0.0308. The second-order valence-corrected chi connectivity index (χ2v) is 6.80. The molecule has 2 heteroatoms. The zero-order valence-corrected chi connectivity index (χ0v) is 12.5. The molecule has 0 amide bonds. The molecule has 2 fully saturated rings. The summed E-state index contributed by atoms with van der Waals surface area (Å²) in [6.07, 6.45) is 16.4. The molecule has 1 unspecified atom stereocenters. The molecule has 1 atom stereocenters. The van der Waals surface area contributed by atoms with E-state index in [0.29, 0.717) is 0 Å². The van der Waals surface area contributed by atoms with Crippen LogP contribution >= 0.6 is 11.6 Å². The third-order valence-electron chi connectivity index (χ3n) is 4.79. The lowest BCUT2D eigenvalue weighted by atomic mass is 9.87. The molecule has 2 saturated carbocycles. The zero-order chi connectivity index (χ0) is 12.6. The molecule has 1 nitrogen and oxygen atoms in total. The molecule has 0 spiro atoms. The maximum absolute atomic E-state index is 6.31. The van der Waals surface area contributed by atoms with Crippen molar-refractivity contribution < 1.29 is 4.74 Å². The number of rotatable bonds is 6. The molecule has 0 aromatic rings. The highest BCUT2D eigenvalue weighted by Crippen LogP contribution is 2.30. The van der Waals surface area contributed by atoms with Gasteiger partial charge in [0.25, 0.3) is 0 Å². The second-order valence-electron chi connectivity index (χ2n) is 6.31. The van der Waals surface area contributed by atoms with Crippen LogP contribution in [0.5, 0.6) is 0 Å². The van der Waals surface area contributed by atoms with Gasteiger partial charge >= 0.3 is 0 Å². The highest BCUT2D eigenvalue weighted by atomic mass is 35.5. The number of alkyl halides is 1. The maximum Gasteiger partial charge on any atom is 0.131 e. The van der Waals surface area contributed by atoms with E-state index in [1.165, 1.54) is 70.6 Å². The smallest absolute Gasteiger partial charge is 0.131 e. The first-order valence-corrected chi connectivity index (χ1v) is 8.54. The van der Waals surface area contributed by atoms with E-state index in [1.54, 1.807) is 0 Å². The van der Waals surface area contributed by atoms with Crippen molar-refractivity contribution in [2.45, 2.75) is 82.6 Å². The number of ether oxygens (including phenoxy) is 1. The number of hydrogen-bond donors (Lipinski definition) is 0. The molecule has 0 heterocycles. The van der Waals surface area contributed by atoms with Gasteiger partial charge in [-0.1, -0.05) is 75.8 Å². The Balaban J connectivity index is 1.52. The first kappa shape index (κ1) is 14.7. The quantitative estimate of drug-likeness (QED) is 0.580. The van der Waals surface area contributed by atoms with Gasteiger partial charge in [-0.25, -0.2) is 0 Å². The Kier molecular flexibility index (Phi) is 6.86. The molecular weight excluding hydrogens is 244 g/mol.